The molecule has 1 fully saturated rings. The maximum atomic E-state index is 12.0. The first-order valence-corrected chi connectivity index (χ1v) is 7.22. The van der Waals surface area contributed by atoms with E-state index < -0.39 is 5.97 Å². The van der Waals surface area contributed by atoms with Crippen LogP contribution >= 0.6 is 11.6 Å². The standard InChI is InChI=1S/C15H18ClNO3/c16-12-6-3-5-10(8-12)14(18)17-9-11-4-1-2-7-13(11)15(19)20/h3,5-6,8,11,13H,1-2,4,7,9H2,(H,17,18)(H,19,20)/t11-,13-/m0/s1. The van der Waals surface area contributed by atoms with Gasteiger partial charge in [0.1, 0.15) is 0 Å². The van der Waals surface area contributed by atoms with Crippen molar-refractivity contribution in [3.05, 3.63) is 34.9 Å². The molecule has 1 aromatic carbocycles. The van der Waals surface area contributed by atoms with Gasteiger partial charge in [0.15, 0.2) is 0 Å². The summed E-state index contributed by atoms with van der Waals surface area (Å²) in [6, 6.07) is 6.72. The molecule has 1 aliphatic rings. The van der Waals surface area contributed by atoms with Crippen molar-refractivity contribution in [1.29, 1.82) is 0 Å². The van der Waals surface area contributed by atoms with E-state index in [4.69, 9.17) is 11.6 Å². The monoisotopic (exact) mass is 295 g/mol. The zero-order valence-electron chi connectivity index (χ0n) is 11.1. The van der Waals surface area contributed by atoms with Crippen molar-refractivity contribution in [3.63, 3.8) is 0 Å². The van der Waals surface area contributed by atoms with Crippen LogP contribution < -0.4 is 5.32 Å². The van der Waals surface area contributed by atoms with E-state index in [9.17, 15) is 14.7 Å². The molecule has 1 amide bonds. The molecule has 1 aliphatic carbocycles. The van der Waals surface area contributed by atoms with E-state index >= 15 is 0 Å². The zero-order chi connectivity index (χ0) is 14.5. The van der Waals surface area contributed by atoms with Crippen LogP contribution in [0, 0.1) is 11.8 Å². The topological polar surface area (TPSA) is 66.4 Å². The van der Waals surface area contributed by atoms with Gasteiger partial charge in [-0.25, -0.2) is 0 Å². The molecule has 2 N–H and O–H groups in total. The molecular weight excluding hydrogens is 278 g/mol. The lowest BCUT2D eigenvalue weighted by Crippen LogP contribution is -2.37. The average molecular weight is 296 g/mol. The van der Waals surface area contributed by atoms with E-state index in [2.05, 4.69) is 5.32 Å². The second-order valence-corrected chi connectivity index (χ2v) is 5.65. The quantitative estimate of drug-likeness (QED) is 0.897. The first-order valence-electron chi connectivity index (χ1n) is 6.84. The number of amides is 1. The summed E-state index contributed by atoms with van der Waals surface area (Å²) in [5.41, 5.74) is 0.500. The van der Waals surface area contributed by atoms with Gasteiger partial charge in [0.05, 0.1) is 5.92 Å². The Morgan fingerprint density at radius 3 is 2.75 bits per heavy atom. The normalized spacial score (nSPS) is 22.2. The fraction of sp³-hybridized carbons (Fsp3) is 0.467. The Kier molecular flexibility index (Phi) is 5.01. The molecule has 0 heterocycles. The van der Waals surface area contributed by atoms with E-state index in [1.54, 1.807) is 24.3 Å². The van der Waals surface area contributed by atoms with Crippen LogP contribution in [0.4, 0.5) is 0 Å². The lowest BCUT2D eigenvalue weighted by Gasteiger charge is -2.28. The van der Waals surface area contributed by atoms with Crippen LogP contribution in [0.3, 0.4) is 0 Å². The third-order valence-corrected chi connectivity index (χ3v) is 4.07. The minimum absolute atomic E-state index is 0.0179. The molecule has 5 heteroatoms. The van der Waals surface area contributed by atoms with E-state index in [0.29, 0.717) is 23.6 Å². The Hall–Kier alpha value is -1.55. The third kappa shape index (κ3) is 3.73. The van der Waals surface area contributed by atoms with Crippen LogP contribution in [0.1, 0.15) is 36.0 Å². The minimum atomic E-state index is -0.758. The molecular formula is C15H18ClNO3. The molecule has 2 atom stereocenters. The van der Waals surface area contributed by atoms with Gasteiger partial charge in [0.25, 0.3) is 5.91 Å². The van der Waals surface area contributed by atoms with Gasteiger partial charge in [-0.1, -0.05) is 30.5 Å². The minimum Gasteiger partial charge on any atom is -0.481 e. The van der Waals surface area contributed by atoms with Gasteiger partial charge in [-0.15, -0.1) is 0 Å². The summed E-state index contributed by atoms with van der Waals surface area (Å²) in [6.45, 7) is 0.405. The predicted molar refractivity (Wildman–Crippen MR) is 76.9 cm³/mol. The summed E-state index contributed by atoms with van der Waals surface area (Å²) < 4.78 is 0. The van der Waals surface area contributed by atoms with E-state index in [-0.39, 0.29) is 17.7 Å². The van der Waals surface area contributed by atoms with Crippen molar-refractivity contribution < 1.29 is 14.7 Å². The Balaban J connectivity index is 1.93. The summed E-state index contributed by atoms with van der Waals surface area (Å²) in [4.78, 5) is 23.2. The molecule has 20 heavy (non-hydrogen) atoms. The van der Waals surface area contributed by atoms with Crippen LogP contribution in [-0.4, -0.2) is 23.5 Å². The molecule has 0 spiro atoms. The molecule has 108 valence electrons. The molecule has 0 saturated heterocycles. The van der Waals surface area contributed by atoms with Crippen molar-refractivity contribution >= 4 is 23.5 Å². The van der Waals surface area contributed by atoms with Gasteiger partial charge in [-0.2, -0.15) is 0 Å². The fourth-order valence-corrected chi connectivity index (χ4v) is 2.92. The highest BCUT2D eigenvalue weighted by Gasteiger charge is 2.30. The Morgan fingerprint density at radius 1 is 1.30 bits per heavy atom. The van der Waals surface area contributed by atoms with Gasteiger partial charge < -0.3 is 10.4 Å². The average Bonchev–Trinajstić information content (AvgIpc) is 2.45. The summed E-state index contributed by atoms with van der Waals surface area (Å²) in [7, 11) is 0. The number of nitrogens with one attached hydrogen (secondary N) is 1. The van der Waals surface area contributed by atoms with Gasteiger partial charge in [0.2, 0.25) is 0 Å². The van der Waals surface area contributed by atoms with Crippen molar-refractivity contribution in [2.45, 2.75) is 25.7 Å². The number of carboxylic acids is 1. The van der Waals surface area contributed by atoms with Gasteiger partial charge in [-0.05, 0) is 37.0 Å². The number of hydrogen-bond donors (Lipinski definition) is 2. The van der Waals surface area contributed by atoms with Gasteiger partial charge in [-0.3, -0.25) is 9.59 Å². The molecule has 0 aliphatic heterocycles. The van der Waals surface area contributed by atoms with Crippen LogP contribution in [-0.2, 0) is 4.79 Å². The Bertz CT molecular complexity index is 504. The lowest BCUT2D eigenvalue weighted by atomic mass is 9.79. The van der Waals surface area contributed by atoms with Gasteiger partial charge >= 0.3 is 5.97 Å². The summed E-state index contributed by atoms with van der Waals surface area (Å²) in [5, 5.41) is 12.5. The summed E-state index contributed by atoms with van der Waals surface area (Å²) in [5.74, 6) is -1.29. The predicted octanol–water partition coefficient (Wildman–Crippen LogP) is 2.96. The Morgan fingerprint density at radius 2 is 2.05 bits per heavy atom. The largest absolute Gasteiger partial charge is 0.481 e. The smallest absolute Gasteiger partial charge is 0.306 e. The van der Waals surface area contributed by atoms with Crippen molar-refractivity contribution in [1.82, 2.24) is 5.32 Å². The molecule has 0 bridgehead atoms. The van der Waals surface area contributed by atoms with Crippen LogP contribution in [0.25, 0.3) is 0 Å². The second-order valence-electron chi connectivity index (χ2n) is 5.21. The summed E-state index contributed by atoms with van der Waals surface area (Å²) in [6.07, 6.45) is 3.54. The van der Waals surface area contributed by atoms with Crippen molar-refractivity contribution in [3.8, 4) is 0 Å². The number of aliphatic carboxylic acids is 1. The number of rotatable bonds is 4. The van der Waals surface area contributed by atoms with Gasteiger partial charge in [0, 0.05) is 17.1 Å². The molecule has 2 rings (SSSR count). The number of carbonyl (C=O) groups excluding carboxylic acids is 1. The highest BCUT2D eigenvalue weighted by atomic mass is 35.5. The highest BCUT2D eigenvalue weighted by molar-refractivity contribution is 6.30. The highest BCUT2D eigenvalue weighted by Crippen LogP contribution is 2.29. The molecule has 1 aromatic rings. The molecule has 4 nitrogen and oxygen atoms in total. The number of benzene rings is 1. The summed E-state index contributed by atoms with van der Waals surface area (Å²) >= 11 is 5.84. The van der Waals surface area contributed by atoms with E-state index in [1.807, 2.05) is 0 Å². The maximum Gasteiger partial charge on any atom is 0.306 e. The Labute approximate surface area is 123 Å². The van der Waals surface area contributed by atoms with Crippen molar-refractivity contribution in [2.75, 3.05) is 6.54 Å². The SMILES string of the molecule is O=C(NC[C@@H]1CCCC[C@@H]1C(=O)O)c1cccc(Cl)c1. The second kappa shape index (κ2) is 6.75. The van der Waals surface area contributed by atoms with Crippen LogP contribution in [0.5, 0.6) is 0 Å². The maximum absolute atomic E-state index is 12.0. The first-order chi connectivity index (χ1) is 9.58. The first kappa shape index (κ1) is 14.9. The fourth-order valence-electron chi connectivity index (χ4n) is 2.73. The molecule has 0 radical (unpaired) electrons. The van der Waals surface area contributed by atoms with Crippen LogP contribution in [0.2, 0.25) is 5.02 Å². The number of carboxylic acid groups (broad SMARTS) is 1. The molecule has 0 unspecified atom stereocenters. The lowest BCUT2D eigenvalue weighted by molar-refractivity contribution is -0.144. The number of halogens is 1. The zero-order valence-corrected chi connectivity index (χ0v) is 11.9. The molecule has 0 aromatic heterocycles. The van der Waals surface area contributed by atoms with Crippen LogP contribution in [0.15, 0.2) is 24.3 Å². The van der Waals surface area contributed by atoms with E-state index in [1.165, 1.54) is 0 Å². The van der Waals surface area contributed by atoms with Crippen molar-refractivity contribution in [2.24, 2.45) is 11.8 Å². The van der Waals surface area contributed by atoms with E-state index in [0.717, 1.165) is 19.3 Å². The third-order valence-electron chi connectivity index (χ3n) is 3.84. The molecule has 1 saturated carbocycles. The number of carbonyl (C=O) groups is 2. The number of hydrogen-bond acceptors (Lipinski definition) is 2.